The molecule has 7 heteroatoms. The first-order valence-corrected chi connectivity index (χ1v) is 8.12. The summed E-state index contributed by atoms with van der Waals surface area (Å²) in [5.74, 6) is -2.30. The summed E-state index contributed by atoms with van der Waals surface area (Å²) >= 11 is 3.37. The minimum atomic E-state index is -0.942. The van der Waals surface area contributed by atoms with Gasteiger partial charge < -0.3 is 14.9 Å². The Morgan fingerprint density at radius 1 is 1.48 bits per heavy atom. The first kappa shape index (κ1) is 17.5. The predicted molar refractivity (Wildman–Crippen MR) is 89.0 cm³/mol. The van der Waals surface area contributed by atoms with E-state index in [1.165, 1.54) is 4.90 Å². The highest BCUT2D eigenvalue weighted by Crippen LogP contribution is 2.28. The number of carboxylic acid groups (broad SMARTS) is 1. The van der Waals surface area contributed by atoms with E-state index in [1.807, 2.05) is 24.3 Å². The van der Waals surface area contributed by atoms with E-state index in [0.717, 1.165) is 10.2 Å². The van der Waals surface area contributed by atoms with Gasteiger partial charge in [-0.15, -0.1) is 0 Å². The molecular weight excluding hydrogens is 364 g/mol. The Morgan fingerprint density at radius 2 is 2.17 bits per heavy atom. The number of hydrogen-bond donors (Lipinski definition) is 1. The summed E-state index contributed by atoms with van der Waals surface area (Å²) in [4.78, 5) is 38.5. The lowest BCUT2D eigenvalue weighted by atomic mass is 10.1. The van der Waals surface area contributed by atoms with Crippen molar-refractivity contribution < 1.29 is 19.5 Å². The van der Waals surface area contributed by atoms with Crippen molar-refractivity contribution in [2.75, 3.05) is 25.0 Å². The minimum Gasteiger partial charge on any atom is -0.481 e. The molecule has 2 rings (SSSR count). The number of carbonyl (C=O) groups is 3. The predicted octanol–water partition coefficient (Wildman–Crippen LogP) is 1.98. The molecular formula is C16H19BrN2O4. The van der Waals surface area contributed by atoms with Crippen molar-refractivity contribution in [1.82, 2.24) is 4.90 Å². The Morgan fingerprint density at radius 3 is 2.78 bits per heavy atom. The molecule has 1 N–H and O–H groups in total. The van der Waals surface area contributed by atoms with Crippen molar-refractivity contribution in [3.05, 3.63) is 28.7 Å². The van der Waals surface area contributed by atoms with E-state index in [2.05, 4.69) is 15.9 Å². The van der Waals surface area contributed by atoms with Crippen molar-refractivity contribution in [1.29, 1.82) is 0 Å². The standard InChI is InChI=1S/C16H19BrN2O4/c1-10(16(22)23)8-18(2)15(21)11-6-14(20)19(9-11)13-5-3-4-12(17)7-13/h3-5,7,10-11H,6,8-9H2,1-2H3,(H,22,23). The van der Waals surface area contributed by atoms with Crippen LogP contribution >= 0.6 is 15.9 Å². The van der Waals surface area contributed by atoms with E-state index in [0.29, 0.717) is 6.54 Å². The van der Waals surface area contributed by atoms with Crippen molar-refractivity contribution in [3.63, 3.8) is 0 Å². The van der Waals surface area contributed by atoms with Gasteiger partial charge in [-0.05, 0) is 18.2 Å². The summed E-state index contributed by atoms with van der Waals surface area (Å²) in [7, 11) is 1.58. The molecule has 1 aromatic rings. The summed E-state index contributed by atoms with van der Waals surface area (Å²) in [6, 6.07) is 7.36. The Kier molecular flexibility index (Phi) is 5.41. The molecule has 124 valence electrons. The van der Waals surface area contributed by atoms with Gasteiger partial charge in [0.1, 0.15) is 0 Å². The third kappa shape index (κ3) is 4.10. The molecule has 23 heavy (non-hydrogen) atoms. The number of carboxylic acids is 1. The average Bonchev–Trinajstić information content (AvgIpc) is 2.88. The third-order valence-corrected chi connectivity index (χ3v) is 4.43. The maximum atomic E-state index is 12.4. The number of carbonyl (C=O) groups excluding carboxylic acids is 2. The minimum absolute atomic E-state index is 0.0962. The van der Waals surface area contributed by atoms with E-state index in [1.54, 1.807) is 18.9 Å². The van der Waals surface area contributed by atoms with Crippen LogP contribution in [-0.2, 0) is 14.4 Å². The second kappa shape index (κ2) is 7.12. The number of aliphatic carboxylic acids is 1. The molecule has 0 aliphatic carbocycles. The third-order valence-electron chi connectivity index (χ3n) is 3.94. The number of benzene rings is 1. The van der Waals surface area contributed by atoms with E-state index < -0.39 is 17.8 Å². The largest absolute Gasteiger partial charge is 0.481 e. The quantitative estimate of drug-likeness (QED) is 0.844. The summed E-state index contributed by atoms with van der Waals surface area (Å²) < 4.78 is 0.866. The van der Waals surface area contributed by atoms with Gasteiger partial charge in [-0.25, -0.2) is 0 Å². The summed E-state index contributed by atoms with van der Waals surface area (Å²) in [6.07, 6.45) is 0.150. The van der Waals surface area contributed by atoms with Gasteiger partial charge in [-0.3, -0.25) is 14.4 Å². The van der Waals surface area contributed by atoms with Gasteiger partial charge in [0.25, 0.3) is 0 Å². The van der Waals surface area contributed by atoms with Gasteiger partial charge in [0.15, 0.2) is 0 Å². The van der Waals surface area contributed by atoms with Crippen molar-refractivity contribution in [2.45, 2.75) is 13.3 Å². The van der Waals surface area contributed by atoms with Gasteiger partial charge >= 0.3 is 5.97 Å². The van der Waals surface area contributed by atoms with Crippen LogP contribution in [0.3, 0.4) is 0 Å². The molecule has 0 bridgehead atoms. The zero-order valence-corrected chi connectivity index (χ0v) is 14.6. The molecule has 1 aromatic carbocycles. The highest BCUT2D eigenvalue weighted by molar-refractivity contribution is 9.10. The van der Waals surface area contributed by atoms with Crippen LogP contribution in [-0.4, -0.2) is 47.9 Å². The van der Waals surface area contributed by atoms with Gasteiger partial charge in [-0.2, -0.15) is 0 Å². The molecule has 0 saturated carbocycles. The number of rotatable bonds is 5. The zero-order valence-electron chi connectivity index (χ0n) is 13.0. The summed E-state index contributed by atoms with van der Waals surface area (Å²) in [5, 5.41) is 8.93. The summed E-state index contributed by atoms with van der Waals surface area (Å²) in [5.41, 5.74) is 0.751. The highest BCUT2D eigenvalue weighted by Gasteiger charge is 2.36. The second-order valence-electron chi connectivity index (χ2n) is 5.84. The zero-order chi connectivity index (χ0) is 17.1. The molecule has 1 aliphatic heterocycles. The van der Waals surface area contributed by atoms with E-state index in [-0.39, 0.29) is 24.8 Å². The molecule has 1 saturated heterocycles. The number of nitrogens with zero attached hydrogens (tertiary/aromatic N) is 2. The van der Waals surface area contributed by atoms with Crippen LogP contribution < -0.4 is 4.90 Å². The lowest BCUT2D eigenvalue weighted by molar-refractivity contribution is -0.143. The Labute approximate surface area is 143 Å². The van der Waals surface area contributed by atoms with E-state index in [9.17, 15) is 14.4 Å². The maximum Gasteiger partial charge on any atom is 0.308 e. The second-order valence-corrected chi connectivity index (χ2v) is 6.76. The van der Waals surface area contributed by atoms with Crippen molar-refractivity contribution >= 4 is 39.4 Å². The van der Waals surface area contributed by atoms with E-state index in [4.69, 9.17) is 5.11 Å². The first-order chi connectivity index (χ1) is 10.8. The molecule has 0 radical (unpaired) electrons. The SMILES string of the molecule is CC(CN(C)C(=O)C1CC(=O)N(c2cccc(Br)c2)C1)C(=O)O. The van der Waals surface area contributed by atoms with Crippen molar-refractivity contribution in [3.8, 4) is 0 Å². The smallest absolute Gasteiger partial charge is 0.308 e. The summed E-state index contributed by atoms with van der Waals surface area (Å²) in [6.45, 7) is 2.01. The van der Waals surface area contributed by atoms with Crippen LogP contribution in [0.2, 0.25) is 0 Å². The molecule has 2 atom stereocenters. The molecule has 1 fully saturated rings. The molecule has 0 aromatic heterocycles. The Balaban J connectivity index is 2.04. The number of anilines is 1. The fourth-order valence-electron chi connectivity index (χ4n) is 2.66. The Bertz CT molecular complexity index is 634. The molecule has 2 unspecified atom stereocenters. The number of amides is 2. The van der Waals surface area contributed by atoms with Gasteiger partial charge in [0, 0.05) is 36.7 Å². The molecule has 1 heterocycles. The average molecular weight is 383 g/mol. The van der Waals surface area contributed by atoms with Crippen LogP contribution in [0.5, 0.6) is 0 Å². The first-order valence-electron chi connectivity index (χ1n) is 7.33. The number of hydrogen-bond acceptors (Lipinski definition) is 3. The fraction of sp³-hybridized carbons (Fsp3) is 0.438. The molecule has 6 nitrogen and oxygen atoms in total. The monoisotopic (exact) mass is 382 g/mol. The van der Waals surface area contributed by atoms with Gasteiger partial charge in [0.2, 0.25) is 11.8 Å². The van der Waals surface area contributed by atoms with Crippen LogP contribution in [0.25, 0.3) is 0 Å². The lowest BCUT2D eigenvalue weighted by Crippen LogP contribution is -2.38. The van der Waals surface area contributed by atoms with Crippen LogP contribution in [0.15, 0.2) is 28.7 Å². The normalized spacial score (nSPS) is 18.8. The number of halogens is 1. The fourth-order valence-corrected chi connectivity index (χ4v) is 3.04. The highest BCUT2D eigenvalue weighted by atomic mass is 79.9. The maximum absolute atomic E-state index is 12.4. The topological polar surface area (TPSA) is 77.9 Å². The molecule has 0 spiro atoms. The molecule has 1 aliphatic rings. The van der Waals surface area contributed by atoms with Crippen LogP contribution in [0, 0.1) is 11.8 Å². The van der Waals surface area contributed by atoms with E-state index >= 15 is 0 Å². The lowest BCUT2D eigenvalue weighted by Gasteiger charge is -2.23. The molecule has 2 amide bonds. The van der Waals surface area contributed by atoms with Gasteiger partial charge in [-0.1, -0.05) is 28.9 Å². The Hall–Kier alpha value is -1.89. The van der Waals surface area contributed by atoms with Crippen LogP contribution in [0.4, 0.5) is 5.69 Å². The van der Waals surface area contributed by atoms with Crippen molar-refractivity contribution in [2.24, 2.45) is 11.8 Å². The van der Waals surface area contributed by atoms with Crippen LogP contribution in [0.1, 0.15) is 13.3 Å². The van der Waals surface area contributed by atoms with Gasteiger partial charge in [0.05, 0.1) is 11.8 Å².